The number of nitrogens with zero attached hydrogens (tertiary/aromatic N) is 9. The second-order valence-corrected chi connectivity index (χ2v) is 7.56. The molecule has 2 saturated heterocycles. The third kappa shape index (κ3) is 3.00. The zero-order valence-corrected chi connectivity index (χ0v) is 16.4. The largest absolute Gasteiger partial charge is 0.356 e. The van der Waals surface area contributed by atoms with Crippen LogP contribution >= 0.6 is 0 Å². The number of hydrogen-bond acceptors (Lipinski definition) is 8. The van der Waals surface area contributed by atoms with E-state index >= 15 is 0 Å². The minimum Gasteiger partial charge on any atom is -0.356 e. The number of fused-ring (bicyclic) bond motifs is 1. The number of anilines is 3. The molecule has 0 amide bonds. The minimum atomic E-state index is 0.840. The standard InChI is InChI=1S/C19H25N9/c1-14-11-15(26-5-3-4-6-26)24-19(23-14)28-9-7-27(8-10-28)18-16-17(20-12-21-18)25(2)13-22-16/h11-13H,3-10H2,1-2H3. The summed E-state index contributed by atoms with van der Waals surface area (Å²) in [6.07, 6.45) is 5.91. The Morgan fingerprint density at radius 2 is 1.57 bits per heavy atom. The maximum absolute atomic E-state index is 4.87. The summed E-state index contributed by atoms with van der Waals surface area (Å²) in [5.74, 6) is 2.81. The Morgan fingerprint density at radius 1 is 0.821 bits per heavy atom. The third-order valence-corrected chi connectivity index (χ3v) is 5.60. The van der Waals surface area contributed by atoms with Gasteiger partial charge >= 0.3 is 0 Å². The first-order valence-corrected chi connectivity index (χ1v) is 9.91. The van der Waals surface area contributed by atoms with Crippen molar-refractivity contribution in [2.45, 2.75) is 19.8 Å². The molecule has 3 aromatic rings. The number of imidazole rings is 1. The van der Waals surface area contributed by atoms with Crippen molar-refractivity contribution in [2.24, 2.45) is 7.05 Å². The minimum absolute atomic E-state index is 0.840. The van der Waals surface area contributed by atoms with Crippen LogP contribution in [-0.2, 0) is 7.05 Å². The van der Waals surface area contributed by atoms with Gasteiger partial charge in [-0.05, 0) is 19.8 Å². The van der Waals surface area contributed by atoms with Gasteiger partial charge in [-0.2, -0.15) is 4.98 Å². The fourth-order valence-electron chi connectivity index (χ4n) is 4.07. The summed E-state index contributed by atoms with van der Waals surface area (Å²) < 4.78 is 1.93. The number of aryl methyl sites for hydroxylation is 2. The van der Waals surface area contributed by atoms with Crippen LogP contribution in [0.1, 0.15) is 18.5 Å². The topological polar surface area (TPSA) is 79.1 Å². The van der Waals surface area contributed by atoms with E-state index in [4.69, 9.17) is 9.97 Å². The predicted octanol–water partition coefficient (Wildman–Crippen LogP) is 1.39. The van der Waals surface area contributed by atoms with Gasteiger partial charge in [0, 0.05) is 58.1 Å². The molecule has 0 aromatic carbocycles. The summed E-state index contributed by atoms with van der Waals surface area (Å²) in [7, 11) is 1.96. The maximum Gasteiger partial charge on any atom is 0.227 e. The van der Waals surface area contributed by atoms with Crippen LogP contribution in [0.5, 0.6) is 0 Å². The number of aromatic nitrogens is 6. The molecule has 5 rings (SSSR count). The first-order valence-electron chi connectivity index (χ1n) is 9.91. The van der Waals surface area contributed by atoms with Crippen LogP contribution in [-0.4, -0.2) is 68.8 Å². The van der Waals surface area contributed by atoms with Crippen LogP contribution in [0.4, 0.5) is 17.6 Å². The zero-order valence-electron chi connectivity index (χ0n) is 16.4. The van der Waals surface area contributed by atoms with Crippen molar-refractivity contribution in [3.05, 3.63) is 24.4 Å². The molecule has 3 aromatic heterocycles. The Kier molecular flexibility index (Phi) is 4.22. The Bertz CT molecular complexity index is 984. The number of hydrogen-bond donors (Lipinski definition) is 0. The lowest BCUT2D eigenvalue weighted by Gasteiger charge is -2.35. The average Bonchev–Trinajstić information content (AvgIpc) is 3.38. The van der Waals surface area contributed by atoms with Gasteiger partial charge in [-0.25, -0.2) is 19.9 Å². The summed E-state index contributed by atoms with van der Waals surface area (Å²) in [6, 6.07) is 2.10. The van der Waals surface area contributed by atoms with Crippen LogP contribution in [0.3, 0.4) is 0 Å². The molecule has 0 unspecified atom stereocenters. The first kappa shape index (κ1) is 17.2. The first-order chi connectivity index (χ1) is 13.7. The molecule has 0 bridgehead atoms. The molecule has 28 heavy (non-hydrogen) atoms. The average molecular weight is 379 g/mol. The van der Waals surface area contributed by atoms with Gasteiger partial charge in [-0.1, -0.05) is 0 Å². The molecule has 2 aliphatic heterocycles. The zero-order chi connectivity index (χ0) is 19.1. The van der Waals surface area contributed by atoms with Gasteiger partial charge in [0.1, 0.15) is 12.1 Å². The molecule has 9 heteroatoms. The quantitative estimate of drug-likeness (QED) is 0.676. The van der Waals surface area contributed by atoms with Gasteiger partial charge in [-0.3, -0.25) is 0 Å². The van der Waals surface area contributed by atoms with E-state index in [2.05, 4.69) is 42.6 Å². The van der Waals surface area contributed by atoms with Crippen molar-refractivity contribution in [1.82, 2.24) is 29.5 Å². The summed E-state index contributed by atoms with van der Waals surface area (Å²) in [5.41, 5.74) is 2.76. The second-order valence-electron chi connectivity index (χ2n) is 7.56. The van der Waals surface area contributed by atoms with Crippen LogP contribution in [0.2, 0.25) is 0 Å². The molecule has 146 valence electrons. The molecule has 0 spiro atoms. The lowest BCUT2D eigenvalue weighted by molar-refractivity contribution is 0.634. The molecule has 0 saturated carbocycles. The van der Waals surface area contributed by atoms with Gasteiger partial charge in [0.05, 0.1) is 6.33 Å². The lowest BCUT2D eigenvalue weighted by atomic mass is 10.3. The van der Waals surface area contributed by atoms with Crippen molar-refractivity contribution in [3.63, 3.8) is 0 Å². The third-order valence-electron chi connectivity index (χ3n) is 5.60. The van der Waals surface area contributed by atoms with Crippen LogP contribution in [0.25, 0.3) is 11.2 Å². The molecule has 2 fully saturated rings. The highest BCUT2D eigenvalue weighted by molar-refractivity contribution is 5.83. The summed E-state index contributed by atoms with van der Waals surface area (Å²) in [6.45, 7) is 7.69. The predicted molar refractivity (Wildman–Crippen MR) is 109 cm³/mol. The van der Waals surface area contributed by atoms with Crippen molar-refractivity contribution >= 4 is 28.7 Å². The fourth-order valence-corrected chi connectivity index (χ4v) is 4.07. The van der Waals surface area contributed by atoms with E-state index in [0.717, 1.165) is 73.7 Å². The van der Waals surface area contributed by atoms with Gasteiger partial charge < -0.3 is 19.3 Å². The smallest absolute Gasteiger partial charge is 0.227 e. The summed E-state index contributed by atoms with van der Waals surface area (Å²) in [5, 5.41) is 0. The van der Waals surface area contributed by atoms with E-state index < -0.39 is 0 Å². The monoisotopic (exact) mass is 379 g/mol. The SMILES string of the molecule is Cc1cc(N2CCCC2)nc(N2CCN(c3ncnc4c3ncn4C)CC2)n1. The highest BCUT2D eigenvalue weighted by Gasteiger charge is 2.24. The molecule has 5 heterocycles. The Morgan fingerprint density at radius 3 is 2.36 bits per heavy atom. The summed E-state index contributed by atoms with van der Waals surface area (Å²) >= 11 is 0. The highest BCUT2D eigenvalue weighted by atomic mass is 15.4. The molecule has 0 N–H and O–H groups in total. The second kappa shape index (κ2) is 6.88. The Balaban J connectivity index is 1.34. The van der Waals surface area contributed by atoms with Crippen molar-refractivity contribution in [2.75, 3.05) is 54.0 Å². The maximum atomic E-state index is 4.87. The molecular weight excluding hydrogens is 354 g/mol. The molecule has 0 radical (unpaired) electrons. The van der Waals surface area contributed by atoms with Crippen LogP contribution in [0.15, 0.2) is 18.7 Å². The molecular formula is C19H25N9. The van der Waals surface area contributed by atoms with Crippen molar-refractivity contribution < 1.29 is 0 Å². The molecule has 2 aliphatic rings. The van der Waals surface area contributed by atoms with Gasteiger partial charge in [0.2, 0.25) is 5.95 Å². The van der Waals surface area contributed by atoms with E-state index in [1.54, 1.807) is 12.7 Å². The number of piperazine rings is 1. The van der Waals surface area contributed by atoms with Gasteiger partial charge in [0.15, 0.2) is 17.0 Å². The highest BCUT2D eigenvalue weighted by Crippen LogP contribution is 2.25. The van der Waals surface area contributed by atoms with E-state index in [1.807, 2.05) is 11.6 Å². The van der Waals surface area contributed by atoms with Crippen LogP contribution in [0, 0.1) is 6.92 Å². The normalized spacial score (nSPS) is 17.7. The van der Waals surface area contributed by atoms with E-state index in [1.165, 1.54) is 12.8 Å². The van der Waals surface area contributed by atoms with Gasteiger partial charge in [0.25, 0.3) is 0 Å². The van der Waals surface area contributed by atoms with Crippen molar-refractivity contribution in [1.29, 1.82) is 0 Å². The van der Waals surface area contributed by atoms with Crippen molar-refractivity contribution in [3.8, 4) is 0 Å². The van der Waals surface area contributed by atoms with Gasteiger partial charge in [-0.15, -0.1) is 0 Å². The van der Waals surface area contributed by atoms with E-state index in [9.17, 15) is 0 Å². The number of rotatable bonds is 3. The summed E-state index contributed by atoms with van der Waals surface area (Å²) in [4.78, 5) is 29.8. The lowest BCUT2D eigenvalue weighted by Crippen LogP contribution is -2.47. The van der Waals surface area contributed by atoms with E-state index in [-0.39, 0.29) is 0 Å². The molecule has 9 nitrogen and oxygen atoms in total. The fraction of sp³-hybridized carbons (Fsp3) is 0.526. The van der Waals surface area contributed by atoms with E-state index in [0.29, 0.717) is 0 Å². The Hall–Kier alpha value is -2.97. The molecule has 0 atom stereocenters. The van der Waals surface area contributed by atoms with Crippen LogP contribution < -0.4 is 14.7 Å². The molecule has 0 aliphatic carbocycles. The Labute approximate surface area is 164 Å².